The fourth-order valence-corrected chi connectivity index (χ4v) is 3.92. The highest BCUT2D eigenvalue weighted by Crippen LogP contribution is 2.35. The van der Waals surface area contributed by atoms with Gasteiger partial charge >= 0.3 is 5.97 Å². The van der Waals surface area contributed by atoms with Crippen LogP contribution in [0.5, 0.6) is 0 Å². The third-order valence-corrected chi connectivity index (χ3v) is 5.23. The molecule has 0 radical (unpaired) electrons. The number of hydrogen-bond acceptors (Lipinski definition) is 5. The number of benzene rings is 1. The minimum absolute atomic E-state index is 0.0484. The number of carboxylic acids is 1. The van der Waals surface area contributed by atoms with Crippen molar-refractivity contribution in [3.63, 3.8) is 0 Å². The summed E-state index contributed by atoms with van der Waals surface area (Å²) < 4.78 is 1.09. The second kappa shape index (κ2) is 5.83. The Morgan fingerprint density at radius 3 is 2.76 bits per heavy atom. The Bertz CT molecular complexity index is 797. The summed E-state index contributed by atoms with van der Waals surface area (Å²) in [6.07, 6.45) is 1.63. The summed E-state index contributed by atoms with van der Waals surface area (Å²) in [5.41, 5.74) is 2.96. The zero-order valence-corrected chi connectivity index (χ0v) is 12.9. The van der Waals surface area contributed by atoms with Gasteiger partial charge in [0, 0.05) is 4.90 Å². The van der Waals surface area contributed by atoms with Crippen molar-refractivity contribution >= 4 is 39.3 Å². The third-order valence-electron chi connectivity index (χ3n) is 2.99. The first-order valence-electron chi connectivity index (χ1n) is 6.31. The van der Waals surface area contributed by atoms with Gasteiger partial charge in [0.05, 0.1) is 16.6 Å². The molecule has 0 fully saturated rings. The summed E-state index contributed by atoms with van der Waals surface area (Å²) in [6, 6.07) is 7.54. The number of hydrogen-bond donors (Lipinski definition) is 1. The van der Waals surface area contributed by atoms with Crippen LogP contribution in [0, 0.1) is 6.92 Å². The maximum Gasteiger partial charge on any atom is 0.307 e. The number of carbonyl (C=O) groups is 1. The van der Waals surface area contributed by atoms with E-state index in [4.69, 9.17) is 5.11 Å². The van der Waals surface area contributed by atoms with E-state index in [1.807, 2.05) is 31.2 Å². The highest BCUT2D eigenvalue weighted by atomic mass is 32.2. The maximum atomic E-state index is 10.7. The van der Waals surface area contributed by atoms with Crippen molar-refractivity contribution < 1.29 is 9.90 Å². The highest BCUT2D eigenvalue weighted by molar-refractivity contribution is 7.99. The maximum absolute atomic E-state index is 10.7. The van der Waals surface area contributed by atoms with E-state index in [-0.39, 0.29) is 6.42 Å². The van der Waals surface area contributed by atoms with Gasteiger partial charge in [-0.2, -0.15) is 0 Å². The number of aromatic nitrogens is 2. The van der Waals surface area contributed by atoms with Gasteiger partial charge in [0.2, 0.25) is 0 Å². The fraction of sp³-hybridized carbons (Fsp3) is 0.133. The van der Waals surface area contributed by atoms with E-state index >= 15 is 0 Å². The Balaban J connectivity index is 1.86. The Hall–Kier alpha value is -1.92. The molecule has 106 valence electrons. The van der Waals surface area contributed by atoms with Gasteiger partial charge < -0.3 is 5.11 Å². The standard InChI is InChI=1S/C15H12N2O2S2/c1-9-7-20-14-13(9)16-8-17-15(14)21-11-4-2-10(3-5-11)6-12(18)19/h2-5,7-8H,6H2,1H3,(H,18,19). The van der Waals surface area contributed by atoms with Crippen LogP contribution in [0.2, 0.25) is 0 Å². The van der Waals surface area contributed by atoms with Crippen LogP contribution in [0.25, 0.3) is 10.2 Å². The molecule has 2 aromatic heterocycles. The first-order chi connectivity index (χ1) is 10.1. The average Bonchev–Trinajstić information content (AvgIpc) is 2.83. The van der Waals surface area contributed by atoms with Crippen LogP contribution in [-0.2, 0) is 11.2 Å². The van der Waals surface area contributed by atoms with Crippen molar-refractivity contribution in [2.45, 2.75) is 23.3 Å². The molecule has 21 heavy (non-hydrogen) atoms. The van der Waals surface area contributed by atoms with E-state index in [1.165, 1.54) is 0 Å². The molecule has 0 spiro atoms. The lowest BCUT2D eigenvalue weighted by atomic mass is 10.2. The van der Waals surface area contributed by atoms with Crippen molar-refractivity contribution in [2.24, 2.45) is 0 Å². The van der Waals surface area contributed by atoms with Crippen molar-refractivity contribution in [3.05, 3.63) is 47.1 Å². The van der Waals surface area contributed by atoms with Crippen LogP contribution >= 0.6 is 23.1 Å². The zero-order chi connectivity index (χ0) is 14.8. The molecule has 1 N–H and O–H groups in total. The predicted molar refractivity (Wildman–Crippen MR) is 84.1 cm³/mol. The minimum atomic E-state index is -0.818. The zero-order valence-electron chi connectivity index (χ0n) is 11.2. The van der Waals surface area contributed by atoms with Crippen LogP contribution in [0.15, 0.2) is 45.9 Å². The molecular formula is C15H12N2O2S2. The number of nitrogens with zero attached hydrogens (tertiary/aromatic N) is 2. The van der Waals surface area contributed by atoms with Crippen molar-refractivity contribution in [1.82, 2.24) is 9.97 Å². The summed E-state index contributed by atoms with van der Waals surface area (Å²) >= 11 is 3.22. The summed E-state index contributed by atoms with van der Waals surface area (Å²) in [7, 11) is 0. The van der Waals surface area contributed by atoms with Crippen LogP contribution in [0.3, 0.4) is 0 Å². The number of carboxylic acid groups (broad SMARTS) is 1. The van der Waals surface area contributed by atoms with E-state index in [0.29, 0.717) is 0 Å². The predicted octanol–water partition coefficient (Wildman–Crippen LogP) is 3.78. The molecule has 6 heteroatoms. The molecule has 3 rings (SSSR count). The lowest BCUT2D eigenvalue weighted by Gasteiger charge is -2.03. The number of fused-ring (bicyclic) bond motifs is 1. The van der Waals surface area contributed by atoms with Crippen molar-refractivity contribution in [2.75, 3.05) is 0 Å². The lowest BCUT2D eigenvalue weighted by molar-refractivity contribution is -0.136. The molecule has 0 bridgehead atoms. The molecule has 2 heterocycles. The summed E-state index contributed by atoms with van der Waals surface area (Å²) in [6.45, 7) is 2.04. The van der Waals surface area contributed by atoms with Crippen LogP contribution in [0.1, 0.15) is 11.1 Å². The van der Waals surface area contributed by atoms with E-state index in [0.717, 1.165) is 31.3 Å². The molecule has 0 aliphatic heterocycles. The molecular weight excluding hydrogens is 304 g/mol. The number of thiophene rings is 1. The molecule has 3 aromatic rings. The summed E-state index contributed by atoms with van der Waals surface area (Å²) in [5, 5.41) is 11.8. The van der Waals surface area contributed by atoms with Gasteiger partial charge in [-0.15, -0.1) is 11.3 Å². The lowest BCUT2D eigenvalue weighted by Crippen LogP contribution is -1.99. The first kappa shape index (κ1) is 14.0. The highest BCUT2D eigenvalue weighted by Gasteiger charge is 2.09. The summed E-state index contributed by atoms with van der Waals surface area (Å²) in [5.74, 6) is -0.818. The molecule has 0 saturated heterocycles. The fourth-order valence-electron chi connectivity index (χ4n) is 1.98. The molecule has 4 nitrogen and oxygen atoms in total. The van der Waals surface area contributed by atoms with E-state index in [2.05, 4.69) is 15.3 Å². The number of aryl methyl sites for hydroxylation is 1. The van der Waals surface area contributed by atoms with E-state index in [1.54, 1.807) is 29.4 Å². The SMILES string of the molecule is Cc1csc2c(Sc3ccc(CC(=O)O)cc3)ncnc12. The normalized spacial score (nSPS) is 10.9. The quantitative estimate of drug-likeness (QED) is 0.742. The van der Waals surface area contributed by atoms with Crippen LogP contribution in [0.4, 0.5) is 0 Å². The van der Waals surface area contributed by atoms with Crippen LogP contribution < -0.4 is 0 Å². The second-order valence-corrected chi connectivity index (χ2v) is 6.53. The van der Waals surface area contributed by atoms with Gasteiger partial charge in [-0.25, -0.2) is 9.97 Å². The smallest absolute Gasteiger partial charge is 0.307 e. The molecule has 0 atom stereocenters. The van der Waals surface area contributed by atoms with Gasteiger partial charge in [0.1, 0.15) is 11.4 Å². The molecule has 0 saturated carbocycles. The number of aliphatic carboxylic acids is 1. The molecule has 0 aliphatic rings. The van der Waals surface area contributed by atoms with Gasteiger partial charge in [-0.3, -0.25) is 4.79 Å². The Labute approximate surface area is 129 Å². The van der Waals surface area contributed by atoms with Crippen molar-refractivity contribution in [3.8, 4) is 0 Å². The van der Waals surface area contributed by atoms with Gasteiger partial charge in [0.15, 0.2) is 0 Å². The van der Waals surface area contributed by atoms with Crippen LogP contribution in [-0.4, -0.2) is 21.0 Å². The Kier molecular flexibility index (Phi) is 3.90. The molecule has 1 aromatic carbocycles. The van der Waals surface area contributed by atoms with E-state index in [9.17, 15) is 4.79 Å². The number of rotatable bonds is 4. The molecule has 0 aliphatic carbocycles. The minimum Gasteiger partial charge on any atom is -0.481 e. The Morgan fingerprint density at radius 1 is 1.29 bits per heavy atom. The topological polar surface area (TPSA) is 63.1 Å². The molecule has 0 amide bonds. The second-order valence-electron chi connectivity index (χ2n) is 4.59. The monoisotopic (exact) mass is 316 g/mol. The summed E-state index contributed by atoms with van der Waals surface area (Å²) in [4.78, 5) is 20.4. The largest absolute Gasteiger partial charge is 0.481 e. The van der Waals surface area contributed by atoms with Gasteiger partial charge in [0.25, 0.3) is 0 Å². The third kappa shape index (κ3) is 3.06. The van der Waals surface area contributed by atoms with Gasteiger partial charge in [-0.1, -0.05) is 23.9 Å². The average molecular weight is 316 g/mol. The Morgan fingerprint density at radius 2 is 2.05 bits per heavy atom. The van der Waals surface area contributed by atoms with Gasteiger partial charge in [-0.05, 0) is 35.6 Å². The van der Waals surface area contributed by atoms with E-state index < -0.39 is 5.97 Å². The molecule has 0 unspecified atom stereocenters. The first-order valence-corrected chi connectivity index (χ1v) is 8.00. The van der Waals surface area contributed by atoms with Crippen molar-refractivity contribution in [1.29, 1.82) is 0 Å².